The van der Waals surface area contributed by atoms with Crippen LogP contribution in [0, 0.1) is 0 Å². The third-order valence-corrected chi connectivity index (χ3v) is 3.26. The fraction of sp³-hybridized carbons (Fsp3) is 0.167. The van der Waals surface area contributed by atoms with Crippen LogP contribution >= 0.6 is 34.8 Å². The van der Waals surface area contributed by atoms with Crippen LogP contribution in [0.5, 0.6) is 0 Å². The molecule has 0 amide bonds. The number of aromatic nitrogens is 2. The zero-order chi connectivity index (χ0) is 13.8. The Morgan fingerprint density at radius 3 is 2.74 bits per heavy atom. The second kappa shape index (κ2) is 6.28. The Morgan fingerprint density at radius 1 is 1.21 bits per heavy atom. The average molecular weight is 318 g/mol. The molecule has 1 aromatic carbocycles. The molecular weight excluding hydrogens is 307 g/mol. The number of rotatable bonds is 4. The number of nitrogens with two attached hydrogens (primary N) is 1. The van der Waals surface area contributed by atoms with Crippen molar-refractivity contribution < 1.29 is 0 Å². The van der Waals surface area contributed by atoms with Gasteiger partial charge in [-0.3, -0.25) is 0 Å². The molecule has 0 spiro atoms. The Bertz CT molecular complexity index is 589. The molecule has 19 heavy (non-hydrogen) atoms. The lowest BCUT2D eigenvalue weighted by molar-refractivity contribution is 1.00. The summed E-state index contributed by atoms with van der Waals surface area (Å²) in [4.78, 5) is 7.79. The first kappa shape index (κ1) is 14.2. The van der Waals surface area contributed by atoms with Crippen molar-refractivity contribution in [1.82, 2.24) is 9.97 Å². The molecule has 0 saturated carbocycles. The Hall–Kier alpha value is -1.23. The molecule has 0 saturated heterocycles. The van der Waals surface area contributed by atoms with E-state index in [9.17, 15) is 0 Å². The topological polar surface area (TPSA) is 63.8 Å². The van der Waals surface area contributed by atoms with Gasteiger partial charge in [0.05, 0.1) is 11.9 Å². The molecule has 0 unspecified atom stereocenters. The zero-order valence-electron chi connectivity index (χ0n) is 9.83. The number of anilines is 2. The first-order valence-electron chi connectivity index (χ1n) is 5.52. The van der Waals surface area contributed by atoms with Crippen molar-refractivity contribution in [2.24, 2.45) is 0 Å². The zero-order valence-corrected chi connectivity index (χ0v) is 12.1. The van der Waals surface area contributed by atoms with Crippen LogP contribution in [-0.2, 0) is 6.42 Å². The maximum atomic E-state index is 6.08. The molecule has 0 aliphatic rings. The summed E-state index contributed by atoms with van der Waals surface area (Å²) in [6.07, 6.45) is 2.18. The normalized spacial score (nSPS) is 10.5. The minimum atomic E-state index is 0.154. The average Bonchev–Trinajstić information content (AvgIpc) is 2.36. The predicted molar refractivity (Wildman–Crippen MR) is 80.1 cm³/mol. The summed E-state index contributed by atoms with van der Waals surface area (Å²) in [5, 5.41) is 4.51. The highest BCUT2D eigenvalue weighted by atomic mass is 35.5. The predicted octanol–water partition coefficient (Wildman–Crippen LogP) is 3.67. The highest BCUT2D eigenvalue weighted by Gasteiger charge is 2.04. The van der Waals surface area contributed by atoms with Gasteiger partial charge >= 0.3 is 0 Å². The van der Waals surface area contributed by atoms with Crippen molar-refractivity contribution in [2.45, 2.75) is 6.42 Å². The molecule has 4 nitrogen and oxygen atoms in total. The Morgan fingerprint density at radius 2 is 2.00 bits per heavy atom. The molecule has 1 aromatic heterocycles. The van der Waals surface area contributed by atoms with Crippen molar-refractivity contribution in [3.8, 4) is 0 Å². The summed E-state index contributed by atoms with van der Waals surface area (Å²) in [7, 11) is 0. The lowest BCUT2D eigenvalue weighted by Crippen LogP contribution is -2.09. The van der Waals surface area contributed by atoms with Crippen LogP contribution in [0.3, 0.4) is 0 Å². The largest absolute Gasteiger partial charge is 0.394 e. The first-order valence-corrected chi connectivity index (χ1v) is 6.65. The van der Waals surface area contributed by atoms with Gasteiger partial charge in [-0.15, -0.1) is 0 Å². The second-order valence-corrected chi connectivity index (χ2v) is 5.04. The van der Waals surface area contributed by atoms with Gasteiger partial charge in [-0.05, 0) is 35.7 Å². The van der Waals surface area contributed by atoms with E-state index in [-0.39, 0.29) is 5.28 Å². The van der Waals surface area contributed by atoms with Gasteiger partial charge in [0.15, 0.2) is 5.82 Å². The summed E-state index contributed by atoms with van der Waals surface area (Å²) in [5.41, 5.74) is 7.18. The van der Waals surface area contributed by atoms with Crippen LogP contribution in [0.15, 0.2) is 24.4 Å². The summed E-state index contributed by atoms with van der Waals surface area (Å²) in [5.74, 6) is 0.519. The number of nitrogen functional groups attached to an aromatic ring is 1. The fourth-order valence-corrected chi connectivity index (χ4v) is 2.19. The van der Waals surface area contributed by atoms with Gasteiger partial charge in [-0.2, -0.15) is 4.98 Å². The van der Waals surface area contributed by atoms with E-state index in [0.717, 1.165) is 12.0 Å². The number of hydrogen-bond acceptors (Lipinski definition) is 4. The van der Waals surface area contributed by atoms with Gasteiger partial charge in [-0.1, -0.05) is 29.3 Å². The van der Waals surface area contributed by atoms with Crippen molar-refractivity contribution in [1.29, 1.82) is 0 Å². The maximum absolute atomic E-state index is 6.08. The third-order valence-electron chi connectivity index (χ3n) is 2.49. The molecule has 0 aliphatic heterocycles. The molecule has 7 heteroatoms. The quantitative estimate of drug-likeness (QED) is 0.844. The van der Waals surface area contributed by atoms with Crippen molar-refractivity contribution in [3.63, 3.8) is 0 Å². The van der Waals surface area contributed by atoms with E-state index in [1.807, 2.05) is 6.07 Å². The van der Waals surface area contributed by atoms with Gasteiger partial charge in [0, 0.05) is 16.6 Å². The van der Waals surface area contributed by atoms with Gasteiger partial charge in [0.1, 0.15) is 0 Å². The lowest BCUT2D eigenvalue weighted by Gasteiger charge is -2.09. The minimum absolute atomic E-state index is 0.154. The monoisotopic (exact) mass is 316 g/mol. The van der Waals surface area contributed by atoms with E-state index in [1.165, 1.54) is 6.20 Å². The SMILES string of the molecule is Nc1cnc(Cl)nc1NCCc1ccc(Cl)cc1Cl. The molecular formula is C12H11Cl3N4. The number of nitrogens with one attached hydrogen (secondary N) is 1. The summed E-state index contributed by atoms with van der Waals surface area (Å²) < 4.78 is 0. The first-order chi connectivity index (χ1) is 9.06. The van der Waals surface area contributed by atoms with Crippen LogP contribution in [-0.4, -0.2) is 16.5 Å². The molecule has 0 radical (unpaired) electrons. The van der Waals surface area contributed by atoms with Crippen LogP contribution in [0.2, 0.25) is 15.3 Å². The Kier molecular flexibility index (Phi) is 4.69. The van der Waals surface area contributed by atoms with Gasteiger partial charge in [0.25, 0.3) is 0 Å². The van der Waals surface area contributed by atoms with E-state index >= 15 is 0 Å². The Labute approximate surface area is 125 Å². The van der Waals surface area contributed by atoms with Gasteiger partial charge < -0.3 is 11.1 Å². The number of hydrogen-bond donors (Lipinski definition) is 2. The van der Waals surface area contributed by atoms with Crippen LogP contribution in [0.25, 0.3) is 0 Å². The van der Waals surface area contributed by atoms with Gasteiger partial charge in [-0.25, -0.2) is 4.98 Å². The summed E-state index contributed by atoms with van der Waals surface area (Å²) >= 11 is 17.6. The fourth-order valence-electron chi connectivity index (χ4n) is 1.55. The van der Waals surface area contributed by atoms with Crippen LogP contribution < -0.4 is 11.1 Å². The van der Waals surface area contributed by atoms with E-state index in [0.29, 0.717) is 28.1 Å². The Balaban J connectivity index is 1.98. The number of nitrogens with zero attached hydrogens (tertiary/aromatic N) is 2. The number of halogens is 3. The molecule has 0 atom stereocenters. The number of benzene rings is 1. The van der Waals surface area contributed by atoms with Gasteiger partial charge in [0.2, 0.25) is 5.28 Å². The van der Waals surface area contributed by atoms with Crippen molar-refractivity contribution >= 4 is 46.3 Å². The molecule has 1 heterocycles. The van der Waals surface area contributed by atoms with E-state index in [2.05, 4.69) is 15.3 Å². The minimum Gasteiger partial charge on any atom is -0.394 e. The smallest absolute Gasteiger partial charge is 0.224 e. The van der Waals surface area contributed by atoms with E-state index < -0.39 is 0 Å². The molecule has 100 valence electrons. The standard InChI is InChI=1S/C12H11Cl3N4/c13-8-2-1-7(9(14)5-8)3-4-17-11-10(16)6-18-12(15)19-11/h1-2,5-6H,3-4,16H2,(H,17,18,19). The van der Waals surface area contributed by atoms with Crippen molar-refractivity contribution in [3.05, 3.63) is 45.3 Å². The van der Waals surface area contributed by atoms with E-state index in [1.54, 1.807) is 12.1 Å². The molecule has 2 rings (SSSR count). The molecule has 0 fully saturated rings. The second-order valence-electron chi connectivity index (χ2n) is 3.86. The molecule has 2 aromatic rings. The van der Waals surface area contributed by atoms with Crippen LogP contribution in [0.1, 0.15) is 5.56 Å². The summed E-state index contributed by atoms with van der Waals surface area (Å²) in [6.45, 7) is 0.624. The highest BCUT2D eigenvalue weighted by molar-refractivity contribution is 6.35. The highest BCUT2D eigenvalue weighted by Crippen LogP contribution is 2.22. The van der Waals surface area contributed by atoms with Crippen molar-refractivity contribution in [2.75, 3.05) is 17.6 Å². The summed E-state index contributed by atoms with van der Waals surface area (Å²) in [6, 6.07) is 5.41. The lowest BCUT2D eigenvalue weighted by atomic mass is 10.1. The molecule has 3 N–H and O–H groups in total. The van der Waals surface area contributed by atoms with Crippen LogP contribution in [0.4, 0.5) is 11.5 Å². The molecule has 0 aliphatic carbocycles. The maximum Gasteiger partial charge on any atom is 0.224 e. The van der Waals surface area contributed by atoms with E-state index in [4.69, 9.17) is 40.5 Å². The molecule has 0 bridgehead atoms. The third kappa shape index (κ3) is 3.86.